The van der Waals surface area contributed by atoms with Crippen LogP contribution in [0, 0.1) is 0 Å². The van der Waals surface area contributed by atoms with E-state index in [9.17, 15) is 4.79 Å². The zero-order valence-electron chi connectivity index (χ0n) is 10.4. The Labute approximate surface area is 120 Å². The van der Waals surface area contributed by atoms with Crippen LogP contribution < -0.4 is 5.43 Å². The van der Waals surface area contributed by atoms with E-state index in [1.165, 1.54) is 0 Å². The molecule has 0 aliphatic carbocycles. The maximum Gasteiger partial charge on any atom is 0.271 e. The van der Waals surface area contributed by atoms with Crippen LogP contribution >= 0.6 is 15.9 Å². The van der Waals surface area contributed by atoms with E-state index in [1.807, 2.05) is 49.4 Å². The second-order valence-corrected chi connectivity index (χ2v) is 4.93. The van der Waals surface area contributed by atoms with E-state index in [4.69, 9.17) is 0 Å². The minimum atomic E-state index is -0.225. The third kappa shape index (κ3) is 3.76. The van der Waals surface area contributed by atoms with Gasteiger partial charge in [0, 0.05) is 10.0 Å². The first-order chi connectivity index (χ1) is 9.16. The van der Waals surface area contributed by atoms with Crippen LogP contribution in [-0.4, -0.2) is 11.6 Å². The molecule has 0 unspecified atom stereocenters. The molecule has 0 aromatic heterocycles. The lowest BCUT2D eigenvalue weighted by Crippen LogP contribution is -2.19. The van der Waals surface area contributed by atoms with Crippen LogP contribution in [-0.2, 0) is 0 Å². The molecule has 0 aliphatic heterocycles. The Bertz CT molecular complexity index is 609. The standard InChI is InChI=1S/C15H13BrN2O/c1-11(12-6-3-2-4-7-12)17-18-15(19)13-8-5-9-14(16)10-13/h2-10H,1H3,(H,18,19)/b17-11-. The molecule has 0 fully saturated rings. The van der Waals surface area contributed by atoms with Crippen molar-refractivity contribution in [2.24, 2.45) is 5.10 Å². The number of hydrogen-bond donors (Lipinski definition) is 1. The highest BCUT2D eigenvalue weighted by molar-refractivity contribution is 9.10. The number of hydrogen-bond acceptors (Lipinski definition) is 2. The highest BCUT2D eigenvalue weighted by Crippen LogP contribution is 2.11. The number of carbonyl (C=O) groups excluding carboxylic acids is 1. The van der Waals surface area contributed by atoms with Crippen molar-refractivity contribution >= 4 is 27.5 Å². The fourth-order valence-corrected chi connectivity index (χ4v) is 1.97. The summed E-state index contributed by atoms with van der Waals surface area (Å²) >= 11 is 3.33. The minimum absolute atomic E-state index is 0.225. The van der Waals surface area contributed by atoms with Gasteiger partial charge in [-0.05, 0) is 30.7 Å². The minimum Gasteiger partial charge on any atom is -0.267 e. The monoisotopic (exact) mass is 316 g/mol. The van der Waals surface area contributed by atoms with Crippen molar-refractivity contribution in [2.45, 2.75) is 6.92 Å². The Morgan fingerprint density at radius 1 is 1.05 bits per heavy atom. The van der Waals surface area contributed by atoms with Gasteiger partial charge in [-0.2, -0.15) is 5.10 Å². The van der Waals surface area contributed by atoms with Gasteiger partial charge in [0.15, 0.2) is 0 Å². The summed E-state index contributed by atoms with van der Waals surface area (Å²) in [5.41, 5.74) is 4.87. The van der Waals surface area contributed by atoms with E-state index in [0.29, 0.717) is 5.56 Å². The lowest BCUT2D eigenvalue weighted by molar-refractivity contribution is 0.0955. The molecule has 2 aromatic rings. The Balaban J connectivity index is 2.08. The van der Waals surface area contributed by atoms with Crippen molar-refractivity contribution in [1.82, 2.24) is 5.43 Å². The van der Waals surface area contributed by atoms with Crippen LogP contribution in [0.5, 0.6) is 0 Å². The van der Waals surface area contributed by atoms with Gasteiger partial charge in [0.25, 0.3) is 5.91 Å². The first-order valence-corrected chi connectivity index (χ1v) is 6.62. The van der Waals surface area contributed by atoms with Gasteiger partial charge < -0.3 is 0 Å². The summed E-state index contributed by atoms with van der Waals surface area (Å²) in [6, 6.07) is 16.9. The normalized spacial score (nSPS) is 11.2. The summed E-state index contributed by atoms with van der Waals surface area (Å²) in [5, 5.41) is 4.10. The van der Waals surface area contributed by atoms with Gasteiger partial charge in [0.2, 0.25) is 0 Å². The molecule has 1 N–H and O–H groups in total. The molecule has 2 rings (SSSR count). The molecular weight excluding hydrogens is 304 g/mol. The van der Waals surface area contributed by atoms with Gasteiger partial charge in [0.1, 0.15) is 0 Å². The molecular formula is C15H13BrN2O. The predicted octanol–water partition coefficient (Wildman–Crippen LogP) is 3.60. The molecule has 96 valence electrons. The second kappa shape index (κ2) is 6.29. The zero-order chi connectivity index (χ0) is 13.7. The molecule has 4 heteroatoms. The van der Waals surface area contributed by atoms with Crippen molar-refractivity contribution in [3.63, 3.8) is 0 Å². The van der Waals surface area contributed by atoms with E-state index >= 15 is 0 Å². The number of benzene rings is 2. The Morgan fingerprint density at radius 2 is 1.74 bits per heavy atom. The summed E-state index contributed by atoms with van der Waals surface area (Å²) in [6.07, 6.45) is 0. The molecule has 19 heavy (non-hydrogen) atoms. The number of nitrogens with zero attached hydrogens (tertiary/aromatic N) is 1. The summed E-state index contributed by atoms with van der Waals surface area (Å²) < 4.78 is 0.865. The van der Waals surface area contributed by atoms with Gasteiger partial charge in [-0.25, -0.2) is 5.43 Å². The molecule has 0 saturated heterocycles. The van der Waals surface area contributed by atoms with Gasteiger partial charge in [-0.15, -0.1) is 0 Å². The maximum atomic E-state index is 11.9. The van der Waals surface area contributed by atoms with Crippen molar-refractivity contribution in [2.75, 3.05) is 0 Å². The van der Waals surface area contributed by atoms with Crippen LogP contribution in [0.2, 0.25) is 0 Å². The summed E-state index contributed by atoms with van der Waals surface area (Å²) in [7, 11) is 0. The quantitative estimate of drug-likeness (QED) is 0.682. The van der Waals surface area contributed by atoms with E-state index in [2.05, 4.69) is 26.5 Å². The van der Waals surface area contributed by atoms with Crippen LogP contribution in [0.15, 0.2) is 64.2 Å². The third-order valence-electron chi connectivity index (χ3n) is 2.60. The van der Waals surface area contributed by atoms with Crippen molar-refractivity contribution < 1.29 is 4.79 Å². The average molecular weight is 317 g/mol. The molecule has 0 bridgehead atoms. The highest BCUT2D eigenvalue weighted by atomic mass is 79.9. The highest BCUT2D eigenvalue weighted by Gasteiger charge is 2.04. The molecule has 1 amide bonds. The molecule has 3 nitrogen and oxygen atoms in total. The third-order valence-corrected chi connectivity index (χ3v) is 3.10. The summed E-state index contributed by atoms with van der Waals surface area (Å²) in [6.45, 7) is 1.86. The number of nitrogens with one attached hydrogen (secondary N) is 1. The molecule has 0 heterocycles. The van der Waals surface area contributed by atoms with E-state index < -0.39 is 0 Å². The SMILES string of the molecule is C/C(=N/NC(=O)c1cccc(Br)c1)c1ccccc1. The average Bonchev–Trinajstić information content (AvgIpc) is 2.45. The Morgan fingerprint density at radius 3 is 2.42 bits per heavy atom. The molecule has 0 saturated carbocycles. The number of amides is 1. The Hall–Kier alpha value is -1.94. The lowest BCUT2D eigenvalue weighted by Gasteiger charge is -2.03. The van der Waals surface area contributed by atoms with E-state index in [-0.39, 0.29) is 5.91 Å². The summed E-state index contributed by atoms with van der Waals surface area (Å²) in [5.74, 6) is -0.225. The van der Waals surface area contributed by atoms with Gasteiger partial charge in [-0.3, -0.25) is 4.79 Å². The smallest absolute Gasteiger partial charge is 0.267 e. The number of hydrazone groups is 1. The number of carbonyl (C=O) groups is 1. The number of halogens is 1. The van der Waals surface area contributed by atoms with Crippen LogP contribution in [0.4, 0.5) is 0 Å². The lowest BCUT2D eigenvalue weighted by atomic mass is 10.1. The van der Waals surface area contributed by atoms with Crippen LogP contribution in [0.3, 0.4) is 0 Å². The maximum absolute atomic E-state index is 11.9. The van der Waals surface area contributed by atoms with Crippen molar-refractivity contribution in [3.05, 3.63) is 70.2 Å². The predicted molar refractivity (Wildman–Crippen MR) is 80.3 cm³/mol. The fourth-order valence-electron chi connectivity index (χ4n) is 1.57. The molecule has 0 atom stereocenters. The topological polar surface area (TPSA) is 41.5 Å². The molecule has 0 radical (unpaired) electrons. The summed E-state index contributed by atoms with van der Waals surface area (Å²) in [4.78, 5) is 11.9. The first kappa shape index (κ1) is 13.5. The van der Waals surface area contributed by atoms with Crippen molar-refractivity contribution in [1.29, 1.82) is 0 Å². The Kier molecular flexibility index (Phi) is 4.47. The largest absolute Gasteiger partial charge is 0.271 e. The fraction of sp³-hybridized carbons (Fsp3) is 0.0667. The zero-order valence-corrected chi connectivity index (χ0v) is 12.0. The van der Waals surface area contributed by atoms with Gasteiger partial charge in [-0.1, -0.05) is 52.3 Å². The number of rotatable bonds is 3. The van der Waals surface area contributed by atoms with Crippen LogP contribution in [0.1, 0.15) is 22.8 Å². The van der Waals surface area contributed by atoms with Gasteiger partial charge in [0.05, 0.1) is 5.71 Å². The van der Waals surface area contributed by atoms with Crippen LogP contribution in [0.25, 0.3) is 0 Å². The molecule has 2 aromatic carbocycles. The van der Waals surface area contributed by atoms with E-state index in [0.717, 1.165) is 15.7 Å². The van der Waals surface area contributed by atoms with Crippen molar-refractivity contribution in [3.8, 4) is 0 Å². The van der Waals surface area contributed by atoms with Gasteiger partial charge >= 0.3 is 0 Å². The molecule has 0 spiro atoms. The van der Waals surface area contributed by atoms with E-state index in [1.54, 1.807) is 12.1 Å². The molecule has 0 aliphatic rings. The first-order valence-electron chi connectivity index (χ1n) is 5.82. The second-order valence-electron chi connectivity index (χ2n) is 4.01.